The molecule has 1 heterocycles. The Balaban J connectivity index is 1.75. The van der Waals surface area contributed by atoms with E-state index in [-0.39, 0.29) is 11.2 Å². The summed E-state index contributed by atoms with van der Waals surface area (Å²) in [7, 11) is 0. The van der Waals surface area contributed by atoms with Gasteiger partial charge in [0.2, 0.25) is 0 Å². The van der Waals surface area contributed by atoms with Crippen molar-refractivity contribution < 1.29 is 9.47 Å². The summed E-state index contributed by atoms with van der Waals surface area (Å²) in [6.45, 7) is 6.11. The van der Waals surface area contributed by atoms with Crippen molar-refractivity contribution >= 4 is 11.8 Å². The average molecular weight is 306 g/mol. The molecule has 0 spiro atoms. The van der Waals surface area contributed by atoms with Crippen molar-refractivity contribution in [2.75, 3.05) is 13.2 Å². The Hall–Kier alpha value is -0.510. The molecular weight excluding hydrogens is 280 g/mol. The molecule has 3 heteroatoms. The van der Waals surface area contributed by atoms with Gasteiger partial charge in [-0.05, 0) is 31.4 Å². The Labute approximate surface area is 132 Å². The van der Waals surface area contributed by atoms with Crippen molar-refractivity contribution in [2.24, 2.45) is 5.41 Å². The normalized spacial score (nSPS) is 23.9. The summed E-state index contributed by atoms with van der Waals surface area (Å²) in [5, 5.41) is 0.523. The van der Waals surface area contributed by atoms with Crippen LogP contribution in [0.4, 0.5) is 0 Å². The smallest absolute Gasteiger partial charge is 0.175 e. The predicted octanol–water partition coefficient (Wildman–Crippen LogP) is 4.88. The van der Waals surface area contributed by atoms with Crippen molar-refractivity contribution in [3.8, 4) is 0 Å². The first-order valence-electron chi connectivity index (χ1n) is 8.22. The van der Waals surface area contributed by atoms with E-state index in [1.807, 2.05) is 11.8 Å². The first kappa shape index (κ1) is 15.4. The Morgan fingerprint density at radius 3 is 2.38 bits per heavy atom. The molecule has 0 amide bonds. The van der Waals surface area contributed by atoms with Gasteiger partial charge < -0.3 is 9.47 Å². The highest BCUT2D eigenvalue weighted by molar-refractivity contribution is 8.00. The molecule has 1 saturated carbocycles. The van der Waals surface area contributed by atoms with Crippen LogP contribution in [0.1, 0.15) is 46.0 Å². The van der Waals surface area contributed by atoms with E-state index in [0.717, 1.165) is 19.6 Å². The van der Waals surface area contributed by atoms with Gasteiger partial charge in [-0.15, -0.1) is 11.8 Å². The van der Waals surface area contributed by atoms with Crippen LogP contribution < -0.4 is 0 Å². The van der Waals surface area contributed by atoms with E-state index >= 15 is 0 Å². The molecule has 0 radical (unpaired) electrons. The van der Waals surface area contributed by atoms with Gasteiger partial charge in [-0.3, -0.25) is 0 Å². The van der Waals surface area contributed by atoms with Crippen LogP contribution in [0, 0.1) is 5.41 Å². The first-order valence-corrected chi connectivity index (χ1v) is 9.10. The van der Waals surface area contributed by atoms with Crippen molar-refractivity contribution in [1.82, 2.24) is 0 Å². The first-order chi connectivity index (χ1) is 10.2. The lowest BCUT2D eigenvalue weighted by Gasteiger charge is -2.39. The molecule has 0 N–H and O–H groups in total. The van der Waals surface area contributed by atoms with E-state index in [1.165, 1.54) is 30.6 Å². The third kappa shape index (κ3) is 2.88. The number of hydrogen-bond acceptors (Lipinski definition) is 3. The molecule has 0 bridgehead atoms. The topological polar surface area (TPSA) is 18.5 Å². The summed E-state index contributed by atoms with van der Waals surface area (Å²) in [5.41, 5.74) is 0.208. The summed E-state index contributed by atoms with van der Waals surface area (Å²) < 4.78 is 12.4. The van der Waals surface area contributed by atoms with Crippen LogP contribution in [0.3, 0.4) is 0 Å². The molecule has 1 atom stereocenters. The van der Waals surface area contributed by atoms with Gasteiger partial charge >= 0.3 is 0 Å². The minimum atomic E-state index is -0.315. The van der Waals surface area contributed by atoms with Crippen LogP contribution >= 0.6 is 11.8 Å². The van der Waals surface area contributed by atoms with Gasteiger partial charge in [0.05, 0.1) is 13.2 Å². The molecule has 1 aliphatic heterocycles. The minimum absolute atomic E-state index is 0.208. The van der Waals surface area contributed by atoms with Crippen molar-refractivity contribution in [3.05, 3.63) is 30.3 Å². The fourth-order valence-electron chi connectivity index (χ4n) is 3.59. The van der Waals surface area contributed by atoms with E-state index in [9.17, 15) is 0 Å². The summed E-state index contributed by atoms with van der Waals surface area (Å²) in [5.74, 6) is -0.315. The van der Waals surface area contributed by atoms with Crippen LogP contribution in [0.5, 0.6) is 0 Å². The standard InChI is InChI=1S/C18H26O2S/c1-3-4-10-18(19-13-14-20-18)17(11-12-17)15(2)21-16-8-6-5-7-9-16/h5-9,15H,3-4,10-14H2,1-2H3. The number of benzene rings is 1. The number of rotatable bonds is 7. The molecule has 1 aromatic rings. The molecule has 0 aromatic heterocycles. The van der Waals surface area contributed by atoms with Gasteiger partial charge in [0, 0.05) is 22.0 Å². The van der Waals surface area contributed by atoms with Gasteiger partial charge in [-0.2, -0.15) is 0 Å². The highest BCUT2D eigenvalue weighted by atomic mass is 32.2. The van der Waals surface area contributed by atoms with Crippen LogP contribution in [-0.2, 0) is 9.47 Å². The monoisotopic (exact) mass is 306 g/mol. The summed E-state index contributed by atoms with van der Waals surface area (Å²) in [6, 6.07) is 10.7. The molecule has 21 heavy (non-hydrogen) atoms. The molecule has 1 aliphatic carbocycles. The van der Waals surface area contributed by atoms with Crippen molar-refractivity contribution in [3.63, 3.8) is 0 Å². The number of thioether (sulfide) groups is 1. The molecule has 2 fully saturated rings. The molecule has 2 nitrogen and oxygen atoms in total. The Morgan fingerprint density at radius 2 is 1.81 bits per heavy atom. The SMILES string of the molecule is CCCCC1(C2(C(C)Sc3ccccc3)CC2)OCCO1. The highest BCUT2D eigenvalue weighted by Gasteiger charge is 2.65. The second-order valence-corrected chi connectivity index (χ2v) is 7.70. The lowest BCUT2D eigenvalue weighted by Crippen LogP contribution is -2.45. The fraction of sp³-hybridized carbons (Fsp3) is 0.667. The maximum atomic E-state index is 6.19. The third-order valence-electron chi connectivity index (χ3n) is 4.99. The Kier molecular flexibility index (Phi) is 4.63. The fourth-order valence-corrected chi connectivity index (χ4v) is 4.96. The second-order valence-electron chi connectivity index (χ2n) is 6.28. The van der Waals surface area contributed by atoms with Crippen molar-refractivity contribution in [1.29, 1.82) is 0 Å². The van der Waals surface area contributed by atoms with E-state index in [0.29, 0.717) is 5.25 Å². The van der Waals surface area contributed by atoms with Gasteiger partial charge in [-0.1, -0.05) is 38.5 Å². The summed E-state index contributed by atoms with van der Waals surface area (Å²) in [4.78, 5) is 1.35. The third-order valence-corrected chi connectivity index (χ3v) is 6.34. The summed E-state index contributed by atoms with van der Waals surface area (Å²) in [6.07, 6.45) is 5.90. The predicted molar refractivity (Wildman–Crippen MR) is 87.6 cm³/mol. The number of hydrogen-bond donors (Lipinski definition) is 0. The minimum Gasteiger partial charge on any atom is -0.347 e. The molecule has 1 unspecified atom stereocenters. The van der Waals surface area contributed by atoms with Gasteiger partial charge in [0.15, 0.2) is 5.79 Å². The lowest BCUT2D eigenvalue weighted by atomic mass is 9.87. The van der Waals surface area contributed by atoms with E-state index in [4.69, 9.17) is 9.47 Å². The van der Waals surface area contributed by atoms with Gasteiger partial charge in [-0.25, -0.2) is 0 Å². The van der Waals surface area contributed by atoms with Gasteiger partial charge in [0.1, 0.15) is 0 Å². The number of ether oxygens (including phenoxy) is 2. The van der Waals surface area contributed by atoms with E-state index in [2.05, 4.69) is 44.2 Å². The molecule has 1 saturated heterocycles. The van der Waals surface area contributed by atoms with E-state index < -0.39 is 0 Å². The summed E-state index contributed by atoms with van der Waals surface area (Å²) >= 11 is 1.97. The second kappa shape index (κ2) is 6.31. The average Bonchev–Trinajstić information content (AvgIpc) is 3.20. The highest BCUT2D eigenvalue weighted by Crippen LogP contribution is 2.64. The largest absolute Gasteiger partial charge is 0.347 e. The lowest BCUT2D eigenvalue weighted by molar-refractivity contribution is -0.211. The molecule has 116 valence electrons. The quantitative estimate of drug-likeness (QED) is 0.669. The van der Waals surface area contributed by atoms with Crippen LogP contribution in [0.2, 0.25) is 0 Å². The van der Waals surface area contributed by atoms with Gasteiger partial charge in [0.25, 0.3) is 0 Å². The zero-order chi connectivity index (χ0) is 14.8. The molecule has 1 aromatic carbocycles. The number of unbranched alkanes of at least 4 members (excludes halogenated alkanes) is 1. The Bertz CT molecular complexity index is 450. The van der Waals surface area contributed by atoms with Crippen LogP contribution in [0.15, 0.2) is 35.2 Å². The maximum Gasteiger partial charge on any atom is 0.175 e. The Morgan fingerprint density at radius 1 is 1.14 bits per heavy atom. The zero-order valence-corrected chi connectivity index (χ0v) is 14.0. The zero-order valence-electron chi connectivity index (χ0n) is 13.1. The molecule has 3 rings (SSSR count). The maximum absolute atomic E-state index is 6.19. The molecular formula is C18H26O2S. The molecule has 2 aliphatic rings. The van der Waals surface area contributed by atoms with Crippen LogP contribution in [0.25, 0.3) is 0 Å². The van der Waals surface area contributed by atoms with E-state index in [1.54, 1.807) is 0 Å². The van der Waals surface area contributed by atoms with Crippen molar-refractivity contribution in [2.45, 2.75) is 61.9 Å². The van der Waals surface area contributed by atoms with Crippen LogP contribution in [-0.4, -0.2) is 24.3 Å².